The van der Waals surface area contributed by atoms with Gasteiger partial charge in [0.1, 0.15) is 6.67 Å². The number of nitrogens with zero attached hydrogens (tertiary/aromatic N) is 2. The molecule has 0 amide bonds. The molecule has 5 heavy (non-hydrogen) atoms. The molecule has 0 aliphatic rings. The molecule has 26 valence electrons. The zero-order valence-corrected chi connectivity index (χ0v) is 2.60. The number of hydrogen-bond donors (Lipinski definition) is 0. The van der Waals surface area contributed by atoms with Crippen LogP contribution in [0.25, 0.3) is 0 Å². The maximum absolute atomic E-state index is 7.53. The number of nitrogens with one attached hydrogen (secondary N) is 1. The summed E-state index contributed by atoms with van der Waals surface area (Å²) in [5.74, 6) is 0. The topological polar surface area (TPSA) is 61.7 Å². The fraction of sp³-hybridized carbons (Fsp3) is 0.500. The average Bonchev–Trinajstić information content (AvgIpc) is 1.41. The SMILES string of the molecule is N#C[N]C[NH]. The van der Waals surface area contributed by atoms with Crippen LogP contribution in [0.3, 0.4) is 0 Å². The molecule has 0 heterocycles. The minimum Gasteiger partial charge on any atom is -0.234 e. The van der Waals surface area contributed by atoms with Crippen LogP contribution in [0.1, 0.15) is 0 Å². The van der Waals surface area contributed by atoms with Gasteiger partial charge in [0.05, 0.1) is 0 Å². The van der Waals surface area contributed by atoms with Gasteiger partial charge < -0.3 is 0 Å². The first-order valence-electron chi connectivity index (χ1n) is 1.12. The van der Waals surface area contributed by atoms with Crippen LogP contribution < -0.4 is 11.1 Å². The van der Waals surface area contributed by atoms with Gasteiger partial charge in [-0.1, -0.05) is 0 Å². The second-order valence-electron chi connectivity index (χ2n) is 0.416. The summed E-state index contributed by atoms with van der Waals surface area (Å²) in [7, 11) is 0. The van der Waals surface area contributed by atoms with E-state index in [1.165, 1.54) is 6.19 Å². The van der Waals surface area contributed by atoms with Crippen molar-refractivity contribution in [1.29, 1.82) is 5.26 Å². The van der Waals surface area contributed by atoms with Crippen molar-refractivity contribution < 1.29 is 0 Å². The van der Waals surface area contributed by atoms with Crippen LogP contribution in [-0.2, 0) is 0 Å². The normalized spacial score (nSPS) is 5.60. The Balaban J connectivity index is 2.48. The summed E-state index contributed by atoms with van der Waals surface area (Å²) in [5.41, 5.74) is 6.21. The maximum atomic E-state index is 7.53. The number of nitriles is 1. The molecule has 0 unspecified atom stereocenters. The molecule has 3 nitrogen and oxygen atoms in total. The Morgan fingerprint density at radius 3 is 2.60 bits per heavy atom. The van der Waals surface area contributed by atoms with Gasteiger partial charge in [-0.25, -0.2) is 5.73 Å². The number of hydrogen-bond acceptors (Lipinski definition) is 1. The largest absolute Gasteiger partial charge is 0.234 e. The first kappa shape index (κ1) is 4.25. The van der Waals surface area contributed by atoms with Gasteiger partial charge in [-0.3, -0.25) is 0 Å². The van der Waals surface area contributed by atoms with Crippen LogP contribution in [-0.4, -0.2) is 6.67 Å². The summed E-state index contributed by atoms with van der Waals surface area (Å²) in [6, 6.07) is 0. The fourth-order valence-electron chi connectivity index (χ4n) is 0.0354. The predicted molar refractivity (Wildman–Crippen MR) is 15.7 cm³/mol. The Morgan fingerprint density at radius 2 is 2.60 bits per heavy atom. The summed E-state index contributed by atoms with van der Waals surface area (Å²) in [6.07, 6.45) is 1.45. The molecule has 0 aromatic rings. The summed E-state index contributed by atoms with van der Waals surface area (Å²) < 4.78 is 0. The highest BCUT2D eigenvalue weighted by molar-refractivity contribution is 4.58. The van der Waals surface area contributed by atoms with Crippen molar-refractivity contribution in [2.24, 2.45) is 0 Å². The van der Waals surface area contributed by atoms with Gasteiger partial charge in [0.25, 0.3) is 0 Å². The molecule has 0 aliphatic heterocycles. The van der Waals surface area contributed by atoms with E-state index in [2.05, 4.69) is 5.32 Å². The van der Waals surface area contributed by atoms with Crippen LogP contribution in [0.15, 0.2) is 0 Å². The van der Waals surface area contributed by atoms with Gasteiger partial charge in [0.2, 0.25) is 6.19 Å². The lowest BCUT2D eigenvalue weighted by Gasteiger charge is -1.69. The number of rotatable bonds is 1. The van der Waals surface area contributed by atoms with Crippen molar-refractivity contribution >= 4 is 0 Å². The van der Waals surface area contributed by atoms with Crippen molar-refractivity contribution in [3.05, 3.63) is 0 Å². The van der Waals surface area contributed by atoms with Crippen molar-refractivity contribution in [3.8, 4) is 6.19 Å². The van der Waals surface area contributed by atoms with Gasteiger partial charge >= 0.3 is 0 Å². The van der Waals surface area contributed by atoms with Crippen LogP contribution in [0.2, 0.25) is 0 Å². The smallest absolute Gasteiger partial charge is 0.202 e. The second-order valence-corrected chi connectivity index (χ2v) is 0.416. The Kier molecular flexibility index (Phi) is 2.76. The second kappa shape index (κ2) is 3.25. The lowest BCUT2D eigenvalue weighted by atomic mass is 11.1. The molecule has 0 fully saturated rings. The molecular weight excluding hydrogens is 66.0 g/mol. The van der Waals surface area contributed by atoms with Gasteiger partial charge in [-0.05, 0) is 0 Å². The molecule has 2 radical (unpaired) electrons. The molecule has 0 aromatic carbocycles. The minimum absolute atomic E-state index is 0.142. The summed E-state index contributed by atoms with van der Waals surface area (Å²) in [6.45, 7) is -0.142. The standard InChI is InChI=1S/C2H3N3/c3-1-5-2-4/h3H,1H2. The van der Waals surface area contributed by atoms with Gasteiger partial charge in [0.15, 0.2) is 0 Å². The van der Waals surface area contributed by atoms with Crippen molar-refractivity contribution in [2.45, 2.75) is 0 Å². The zero-order valence-electron chi connectivity index (χ0n) is 2.60. The van der Waals surface area contributed by atoms with Gasteiger partial charge in [-0.2, -0.15) is 10.6 Å². The van der Waals surface area contributed by atoms with E-state index < -0.39 is 0 Å². The molecule has 0 bridgehead atoms. The third-order valence-electron chi connectivity index (χ3n) is 0.150. The van der Waals surface area contributed by atoms with Crippen LogP contribution in [0, 0.1) is 11.5 Å². The van der Waals surface area contributed by atoms with Crippen LogP contribution in [0.4, 0.5) is 0 Å². The zero-order chi connectivity index (χ0) is 4.12. The molecule has 0 aliphatic carbocycles. The summed E-state index contributed by atoms with van der Waals surface area (Å²) in [4.78, 5) is 0. The first-order chi connectivity index (χ1) is 2.41. The summed E-state index contributed by atoms with van der Waals surface area (Å²) in [5, 5.41) is 10.5. The quantitative estimate of drug-likeness (QED) is 0.376. The van der Waals surface area contributed by atoms with Gasteiger partial charge in [0, 0.05) is 0 Å². The molecule has 1 N–H and O–H groups in total. The van der Waals surface area contributed by atoms with Gasteiger partial charge in [-0.15, -0.1) is 0 Å². The van der Waals surface area contributed by atoms with E-state index in [1.54, 1.807) is 0 Å². The maximum Gasteiger partial charge on any atom is 0.202 e. The highest BCUT2D eigenvalue weighted by Crippen LogP contribution is 1.37. The van der Waals surface area contributed by atoms with E-state index in [4.69, 9.17) is 11.0 Å². The molecule has 0 rings (SSSR count). The van der Waals surface area contributed by atoms with E-state index in [0.717, 1.165) is 0 Å². The first-order valence-corrected chi connectivity index (χ1v) is 1.12. The lowest BCUT2D eigenvalue weighted by Crippen LogP contribution is -1.96. The molecule has 0 atom stereocenters. The van der Waals surface area contributed by atoms with E-state index in [9.17, 15) is 0 Å². The monoisotopic (exact) mass is 69.0 g/mol. The predicted octanol–water partition coefficient (Wildman–Crippen LogP) is -0.688. The third-order valence-corrected chi connectivity index (χ3v) is 0.150. The van der Waals surface area contributed by atoms with Crippen LogP contribution >= 0.6 is 0 Å². The fourth-order valence-corrected chi connectivity index (χ4v) is 0.0354. The molecule has 0 spiro atoms. The van der Waals surface area contributed by atoms with E-state index in [1.807, 2.05) is 0 Å². The van der Waals surface area contributed by atoms with E-state index in [-0.39, 0.29) is 6.67 Å². The van der Waals surface area contributed by atoms with Crippen molar-refractivity contribution in [3.63, 3.8) is 0 Å². The highest BCUT2D eigenvalue weighted by Gasteiger charge is 1.63. The Labute approximate surface area is 30.4 Å². The molecule has 3 heteroatoms. The van der Waals surface area contributed by atoms with E-state index in [0.29, 0.717) is 0 Å². The molecule has 0 saturated heterocycles. The Bertz CT molecular complexity index is 43.3. The molecule has 0 aromatic heterocycles. The van der Waals surface area contributed by atoms with Crippen molar-refractivity contribution in [1.82, 2.24) is 11.1 Å². The minimum atomic E-state index is -0.142. The van der Waals surface area contributed by atoms with Crippen LogP contribution in [0.5, 0.6) is 0 Å². The average molecular weight is 69.1 g/mol. The Hall–Kier alpha value is -0.750. The molecule has 0 saturated carbocycles. The molecular formula is C2H3N3. The summed E-state index contributed by atoms with van der Waals surface area (Å²) >= 11 is 0. The Morgan fingerprint density at radius 1 is 2.00 bits per heavy atom. The third kappa shape index (κ3) is 3.25. The lowest BCUT2D eigenvalue weighted by molar-refractivity contribution is 0.858. The highest BCUT2D eigenvalue weighted by atomic mass is 14.9. The van der Waals surface area contributed by atoms with E-state index >= 15 is 0 Å². The van der Waals surface area contributed by atoms with Crippen molar-refractivity contribution in [2.75, 3.05) is 6.67 Å².